The fourth-order valence-corrected chi connectivity index (χ4v) is 4.77. The molecule has 2 unspecified atom stereocenters. The van der Waals surface area contributed by atoms with Gasteiger partial charge in [-0.2, -0.15) is 0 Å². The minimum absolute atomic E-state index is 0.0437. The maximum atomic E-state index is 12.0. The van der Waals surface area contributed by atoms with E-state index in [1.54, 1.807) is 0 Å². The number of likely N-dealkylation sites (N-methyl/N-ethyl adjacent to an activating group) is 1. The Morgan fingerprint density at radius 3 is 2.61 bits per heavy atom. The van der Waals surface area contributed by atoms with Crippen molar-refractivity contribution in [1.82, 2.24) is 4.90 Å². The Hall–Kier alpha value is -1.40. The van der Waals surface area contributed by atoms with Crippen LogP contribution in [0.15, 0.2) is 30.3 Å². The molecule has 1 aromatic rings. The predicted molar refractivity (Wildman–Crippen MR) is 89.8 cm³/mol. The molecule has 0 radical (unpaired) electrons. The Morgan fingerprint density at radius 1 is 1.26 bits per heavy atom. The first kappa shape index (κ1) is 17.9. The lowest BCUT2D eigenvalue weighted by atomic mass is 10.1. The Balaban J connectivity index is 2.03. The predicted octanol–water partition coefficient (Wildman–Crippen LogP) is 2.02. The molecule has 128 valence electrons. The molecule has 2 atom stereocenters. The molecular weight excluding hydrogens is 314 g/mol. The number of nitrogens with zero attached hydrogens (tertiary/aromatic N) is 1. The van der Waals surface area contributed by atoms with Crippen molar-refractivity contribution in [2.75, 3.05) is 18.6 Å². The van der Waals surface area contributed by atoms with Crippen LogP contribution in [0.4, 0.5) is 0 Å². The molecule has 23 heavy (non-hydrogen) atoms. The molecular formula is C17H25NO4S. The van der Waals surface area contributed by atoms with Crippen LogP contribution >= 0.6 is 0 Å². The van der Waals surface area contributed by atoms with Crippen LogP contribution in [0, 0.1) is 0 Å². The van der Waals surface area contributed by atoms with Gasteiger partial charge in [0.15, 0.2) is 9.84 Å². The average Bonchev–Trinajstić information content (AvgIpc) is 2.81. The molecule has 1 saturated heterocycles. The van der Waals surface area contributed by atoms with Crippen LogP contribution in [0.25, 0.3) is 0 Å². The second-order valence-electron chi connectivity index (χ2n) is 6.18. The Labute approximate surface area is 138 Å². The molecule has 1 aliphatic heterocycles. The fraction of sp³-hybridized carbons (Fsp3) is 0.588. The summed E-state index contributed by atoms with van der Waals surface area (Å²) < 4.78 is 29.4. The first-order valence-corrected chi connectivity index (χ1v) is 9.87. The number of rotatable bonds is 7. The number of esters is 1. The Morgan fingerprint density at radius 2 is 1.96 bits per heavy atom. The number of benzene rings is 1. The number of hydrogen-bond acceptors (Lipinski definition) is 5. The van der Waals surface area contributed by atoms with Crippen LogP contribution in [0.2, 0.25) is 0 Å². The lowest BCUT2D eigenvalue weighted by Gasteiger charge is -2.28. The van der Waals surface area contributed by atoms with E-state index >= 15 is 0 Å². The van der Waals surface area contributed by atoms with E-state index < -0.39 is 15.9 Å². The van der Waals surface area contributed by atoms with E-state index in [2.05, 4.69) is 0 Å². The molecule has 5 nitrogen and oxygen atoms in total. The molecule has 0 saturated carbocycles. The first-order chi connectivity index (χ1) is 10.9. The summed E-state index contributed by atoms with van der Waals surface area (Å²) in [4.78, 5) is 13.8. The van der Waals surface area contributed by atoms with Crippen molar-refractivity contribution in [1.29, 1.82) is 0 Å². The Bertz CT molecular complexity index is 615. The van der Waals surface area contributed by atoms with Crippen LogP contribution in [-0.2, 0) is 25.9 Å². The smallest absolute Gasteiger partial charge is 0.306 e. The highest BCUT2D eigenvalue weighted by Crippen LogP contribution is 2.22. The van der Waals surface area contributed by atoms with Gasteiger partial charge in [0.1, 0.15) is 6.10 Å². The third-order valence-corrected chi connectivity index (χ3v) is 5.82. The molecule has 1 aromatic carbocycles. The quantitative estimate of drug-likeness (QED) is 0.711. The van der Waals surface area contributed by atoms with Gasteiger partial charge in [0.05, 0.1) is 17.5 Å². The van der Waals surface area contributed by atoms with Gasteiger partial charge in [-0.1, -0.05) is 43.7 Å². The molecule has 0 amide bonds. The number of carbonyl (C=O) groups is 1. The molecule has 0 aliphatic carbocycles. The minimum Gasteiger partial charge on any atom is -0.460 e. The topological polar surface area (TPSA) is 63.7 Å². The third-order valence-electron chi connectivity index (χ3n) is 4.13. The number of ether oxygens (including phenoxy) is 1. The second-order valence-corrected chi connectivity index (χ2v) is 8.33. The van der Waals surface area contributed by atoms with Crippen LogP contribution in [-0.4, -0.2) is 50.0 Å². The van der Waals surface area contributed by atoms with E-state index in [4.69, 9.17) is 4.74 Å². The first-order valence-electron chi connectivity index (χ1n) is 8.05. The normalized spacial score (nSPS) is 23.1. The van der Waals surface area contributed by atoms with Crippen molar-refractivity contribution in [3.05, 3.63) is 35.9 Å². The molecule has 0 aromatic heterocycles. The molecule has 0 spiro atoms. The van der Waals surface area contributed by atoms with Gasteiger partial charge in [0, 0.05) is 13.0 Å². The van der Waals surface area contributed by atoms with Gasteiger partial charge in [-0.25, -0.2) is 8.42 Å². The van der Waals surface area contributed by atoms with Gasteiger partial charge in [0.25, 0.3) is 0 Å². The largest absolute Gasteiger partial charge is 0.460 e. The zero-order valence-electron chi connectivity index (χ0n) is 13.8. The monoisotopic (exact) mass is 339 g/mol. The van der Waals surface area contributed by atoms with Gasteiger partial charge in [-0.3, -0.25) is 9.69 Å². The van der Waals surface area contributed by atoms with Gasteiger partial charge in [0.2, 0.25) is 0 Å². The van der Waals surface area contributed by atoms with E-state index in [9.17, 15) is 13.2 Å². The van der Waals surface area contributed by atoms with Crippen molar-refractivity contribution in [3.8, 4) is 0 Å². The summed E-state index contributed by atoms with van der Waals surface area (Å²) in [6, 6.07) is 9.57. The highest BCUT2D eigenvalue weighted by atomic mass is 32.2. The summed E-state index contributed by atoms with van der Waals surface area (Å²) in [5.41, 5.74) is 1.11. The van der Waals surface area contributed by atoms with Crippen molar-refractivity contribution in [2.45, 2.75) is 44.9 Å². The highest BCUT2D eigenvalue weighted by molar-refractivity contribution is 7.91. The molecule has 2 rings (SSSR count). The van der Waals surface area contributed by atoms with Crippen LogP contribution in [0.1, 0.15) is 31.7 Å². The van der Waals surface area contributed by atoms with Crippen molar-refractivity contribution >= 4 is 15.8 Å². The van der Waals surface area contributed by atoms with Crippen molar-refractivity contribution in [3.63, 3.8) is 0 Å². The molecule has 1 aliphatic rings. The van der Waals surface area contributed by atoms with Crippen LogP contribution in [0.5, 0.6) is 0 Å². The lowest BCUT2D eigenvalue weighted by Crippen LogP contribution is -2.42. The van der Waals surface area contributed by atoms with Crippen LogP contribution < -0.4 is 0 Å². The minimum atomic E-state index is -3.17. The molecule has 6 heteroatoms. The van der Waals surface area contributed by atoms with Gasteiger partial charge in [-0.05, 0) is 19.0 Å². The molecule has 0 N–H and O–H groups in total. The SMILES string of the molecule is CCCCC(=O)OC1CS(=O)(=O)CC1N(C)Cc1ccccc1. The number of hydrogen-bond donors (Lipinski definition) is 0. The summed E-state index contributed by atoms with van der Waals surface area (Å²) in [6.45, 7) is 2.63. The van der Waals surface area contributed by atoms with E-state index in [1.807, 2.05) is 49.2 Å². The van der Waals surface area contributed by atoms with Crippen LogP contribution in [0.3, 0.4) is 0 Å². The van der Waals surface area contributed by atoms with E-state index in [1.165, 1.54) is 0 Å². The second kappa shape index (κ2) is 7.93. The number of sulfone groups is 1. The molecule has 0 bridgehead atoms. The van der Waals surface area contributed by atoms with Crippen molar-refractivity contribution in [2.24, 2.45) is 0 Å². The Kier molecular flexibility index (Phi) is 6.18. The van der Waals surface area contributed by atoms with Gasteiger partial charge < -0.3 is 4.74 Å². The molecule has 1 fully saturated rings. The standard InChI is InChI=1S/C17H25NO4S/c1-3-4-10-17(19)22-16-13-23(20,21)12-15(16)18(2)11-14-8-6-5-7-9-14/h5-9,15-16H,3-4,10-13H2,1-2H3. The van der Waals surface area contributed by atoms with E-state index in [0.717, 1.165) is 18.4 Å². The maximum absolute atomic E-state index is 12.0. The van der Waals surface area contributed by atoms with Gasteiger partial charge in [-0.15, -0.1) is 0 Å². The number of carbonyl (C=O) groups excluding carboxylic acids is 1. The zero-order chi connectivity index (χ0) is 16.9. The maximum Gasteiger partial charge on any atom is 0.306 e. The fourth-order valence-electron chi connectivity index (χ4n) is 2.86. The third kappa shape index (κ3) is 5.32. The van der Waals surface area contributed by atoms with E-state index in [0.29, 0.717) is 13.0 Å². The lowest BCUT2D eigenvalue weighted by molar-refractivity contribution is -0.150. The summed E-state index contributed by atoms with van der Waals surface area (Å²) in [5, 5.41) is 0. The number of unbranched alkanes of at least 4 members (excludes halogenated alkanes) is 1. The zero-order valence-corrected chi connectivity index (χ0v) is 14.6. The summed E-state index contributed by atoms with van der Waals surface area (Å²) in [7, 11) is -1.29. The summed E-state index contributed by atoms with van der Waals surface area (Å²) in [6.07, 6.45) is 1.46. The average molecular weight is 339 g/mol. The highest BCUT2D eigenvalue weighted by Gasteiger charge is 2.42. The van der Waals surface area contributed by atoms with Gasteiger partial charge >= 0.3 is 5.97 Å². The van der Waals surface area contributed by atoms with E-state index in [-0.39, 0.29) is 23.5 Å². The van der Waals surface area contributed by atoms with Crippen molar-refractivity contribution < 1.29 is 17.9 Å². The summed E-state index contributed by atoms with van der Waals surface area (Å²) >= 11 is 0. The molecule has 1 heterocycles. The summed E-state index contributed by atoms with van der Waals surface area (Å²) in [5.74, 6) is -0.330.